The lowest BCUT2D eigenvalue weighted by Crippen LogP contribution is -2.48. The van der Waals surface area contributed by atoms with Crippen LogP contribution in [0.5, 0.6) is 0 Å². The summed E-state index contributed by atoms with van der Waals surface area (Å²) in [5, 5.41) is 0. The van der Waals surface area contributed by atoms with Crippen molar-refractivity contribution >= 4 is 5.91 Å². The number of benzene rings is 2. The zero-order chi connectivity index (χ0) is 20.9. The molecule has 156 valence electrons. The summed E-state index contributed by atoms with van der Waals surface area (Å²) >= 11 is 0. The van der Waals surface area contributed by atoms with Gasteiger partial charge in [-0.25, -0.2) is 0 Å². The molecule has 2 aromatic carbocycles. The number of hydrogen-bond acceptors (Lipinski definition) is 3. The van der Waals surface area contributed by atoms with E-state index in [-0.39, 0.29) is 12.5 Å². The van der Waals surface area contributed by atoms with Gasteiger partial charge in [0.25, 0.3) is 5.91 Å². The van der Waals surface area contributed by atoms with Crippen molar-refractivity contribution in [1.82, 2.24) is 9.80 Å². The molecule has 0 radical (unpaired) electrons. The minimum absolute atomic E-state index is 0.0994. The molecule has 0 bridgehead atoms. The van der Waals surface area contributed by atoms with E-state index in [1.807, 2.05) is 0 Å². The average Bonchev–Trinajstić information content (AvgIpc) is 2.69. The lowest BCUT2D eigenvalue weighted by atomic mass is 10.1. The zero-order valence-corrected chi connectivity index (χ0v) is 16.4. The Hall–Kier alpha value is -2.38. The van der Waals surface area contributed by atoms with Crippen LogP contribution in [-0.2, 0) is 17.9 Å². The second kappa shape index (κ2) is 9.41. The highest BCUT2D eigenvalue weighted by molar-refractivity contribution is 5.94. The summed E-state index contributed by atoms with van der Waals surface area (Å²) in [5.41, 5.74) is 3.51. The second-order valence-corrected chi connectivity index (χ2v) is 7.36. The quantitative estimate of drug-likeness (QED) is 0.726. The molecule has 0 unspecified atom stereocenters. The molecule has 7 heteroatoms. The molecule has 1 aliphatic rings. The number of halogens is 3. The van der Waals surface area contributed by atoms with Gasteiger partial charge in [0.15, 0.2) is 0 Å². The maximum absolute atomic E-state index is 12.8. The Morgan fingerprint density at radius 2 is 1.69 bits per heavy atom. The van der Waals surface area contributed by atoms with Gasteiger partial charge in [0.2, 0.25) is 0 Å². The molecule has 1 fully saturated rings. The first-order chi connectivity index (χ1) is 13.8. The number of carbonyl (C=O) groups excluding carboxylic acids is 1. The Labute approximate surface area is 168 Å². The second-order valence-electron chi connectivity index (χ2n) is 7.36. The molecular weight excluding hydrogens is 381 g/mol. The highest BCUT2D eigenvalue weighted by Gasteiger charge is 2.27. The minimum Gasteiger partial charge on any atom is -0.367 e. The molecule has 29 heavy (non-hydrogen) atoms. The van der Waals surface area contributed by atoms with Crippen LogP contribution in [0, 0.1) is 6.92 Å². The van der Waals surface area contributed by atoms with Crippen molar-refractivity contribution in [2.45, 2.75) is 26.3 Å². The van der Waals surface area contributed by atoms with Gasteiger partial charge in [0.05, 0.1) is 6.61 Å². The molecule has 0 saturated carbocycles. The number of hydrogen-bond donors (Lipinski definition) is 0. The Morgan fingerprint density at radius 1 is 1.00 bits per heavy atom. The number of amides is 1. The molecule has 1 saturated heterocycles. The molecule has 3 rings (SSSR count). The minimum atomic E-state index is -4.36. The van der Waals surface area contributed by atoms with Gasteiger partial charge in [-0.1, -0.05) is 42.0 Å². The summed E-state index contributed by atoms with van der Waals surface area (Å²) in [4.78, 5) is 16.9. The normalized spacial score (nSPS) is 15.5. The maximum Gasteiger partial charge on any atom is 0.411 e. The molecule has 1 aliphatic heterocycles. The first kappa shape index (κ1) is 21.3. The third-order valence-electron chi connectivity index (χ3n) is 4.89. The van der Waals surface area contributed by atoms with Gasteiger partial charge in [-0.15, -0.1) is 0 Å². The van der Waals surface area contributed by atoms with Crippen LogP contribution in [0.2, 0.25) is 0 Å². The van der Waals surface area contributed by atoms with Crippen molar-refractivity contribution in [1.29, 1.82) is 0 Å². The van der Waals surface area contributed by atoms with E-state index in [4.69, 9.17) is 0 Å². The van der Waals surface area contributed by atoms with Crippen molar-refractivity contribution in [3.63, 3.8) is 0 Å². The van der Waals surface area contributed by atoms with Crippen LogP contribution in [0.4, 0.5) is 13.2 Å². The maximum atomic E-state index is 12.8. The van der Waals surface area contributed by atoms with Crippen LogP contribution < -0.4 is 0 Å². The summed E-state index contributed by atoms with van der Waals surface area (Å²) in [6.45, 7) is 4.26. The van der Waals surface area contributed by atoms with Gasteiger partial charge >= 0.3 is 6.18 Å². The number of alkyl halides is 3. The Kier molecular flexibility index (Phi) is 6.92. The molecule has 0 atom stereocenters. The van der Waals surface area contributed by atoms with Crippen molar-refractivity contribution < 1.29 is 22.7 Å². The van der Waals surface area contributed by atoms with Crippen LogP contribution in [0.1, 0.15) is 27.0 Å². The number of rotatable bonds is 6. The average molecular weight is 406 g/mol. The standard InChI is InChI=1S/C22H25F3N2O2/c1-17-5-7-18(8-6-17)14-26-9-11-27(12-10-26)21(28)20-4-2-3-19(13-20)15-29-16-22(23,24)25/h2-8,13H,9-12,14-16H2,1H3. The Balaban J connectivity index is 1.51. The highest BCUT2D eigenvalue weighted by Crippen LogP contribution is 2.17. The first-order valence-corrected chi connectivity index (χ1v) is 9.61. The Bertz CT molecular complexity index is 814. The fourth-order valence-electron chi connectivity index (χ4n) is 3.32. The Morgan fingerprint density at radius 3 is 2.34 bits per heavy atom. The molecule has 2 aromatic rings. The molecule has 0 aliphatic carbocycles. The summed E-state index contributed by atoms with van der Waals surface area (Å²) in [7, 11) is 0. The predicted octanol–water partition coefficient (Wildman–Crippen LogP) is 4.03. The number of aryl methyl sites for hydroxylation is 1. The van der Waals surface area contributed by atoms with E-state index >= 15 is 0 Å². The third-order valence-corrected chi connectivity index (χ3v) is 4.89. The summed E-state index contributed by atoms with van der Waals surface area (Å²) in [5.74, 6) is -0.0994. The lowest BCUT2D eigenvalue weighted by molar-refractivity contribution is -0.176. The van der Waals surface area contributed by atoms with Crippen LogP contribution in [0.3, 0.4) is 0 Å². The topological polar surface area (TPSA) is 32.8 Å². The molecule has 0 spiro atoms. The fourth-order valence-corrected chi connectivity index (χ4v) is 3.32. The summed E-state index contributed by atoms with van der Waals surface area (Å²) in [6, 6.07) is 15.1. The highest BCUT2D eigenvalue weighted by atomic mass is 19.4. The SMILES string of the molecule is Cc1ccc(CN2CCN(C(=O)c3cccc(COCC(F)(F)F)c3)CC2)cc1. The number of carbonyl (C=O) groups is 1. The summed E-state index contributed by atoms with van der Waals surface area (Å²) < 4.78 is 41.3. The van der Waals surface area contributed by atoms with Crippen molar-refractivity contribution in [2.24, 2.45) is 0 Å². The zero-order valence-electron chi connectivity index (χ0n) is 16.4. The first-order valence-electron chi connectivity index (χ1n) is 9.61. The fraction of sp³-hybridized carbons (Fsp3) is 0.409. The van der Waals surface area contributed by atoms with E-state index in [1.54, 1.807) is 29.2 Å². The van der Waals surface area contributed by atoms with E-state index in [0.717, 1.165) is 19.6 Å². The van der Waals surface area contributed by atoms with Crippen LogP contribution in [-0.4, -0.2) is 54.7 Å². The van der Waals surface area contributed by atoms with E-state index < -0.39 is 12.8 Å². The predicted molar refractivity (Wildman–Crippen MR) is 105 cm³/mol. The molecule has 1 amide bonds. The van der Waals surface area contributed by atoms with E-state index in [1.165, 1.54) is 11.1 Å². The molecule has 1 heterocycles. The van der Waals surface area contributed by atoms with Crippen molar-refractivity contribution in [2.75, 3.05) is 32.8 Å². The number of ether oxygens (including phenoxy) is 1. The smallest absolute Gasteiger partial charge is 0.367 e. The van der Waals surface area contributed by atoms with Crippen molar-refractivity contribution in [3.05, 3.63) is 70.8 Å². The lowest BCUT2D eigenvalue weighted by Gasteiger charge is -2.35. The van der Waals surface area contributed by atoms with Crippen LogP contribution >= 0.6 is 0 Å². The number of nitrogens with zero attached hydrogens (tertiary/aromatic N) is 2. The van der Waals surface area contributed by atoms with Crippen LogP contribution in [0.15, 0.2) is 48.5 Å². The van der Waals surface area contributed by atoms with Crippen molar-refractivity contribution in [3.8, 4) is 0 Å². The van der Waals surface area contributed by atoms with Gasteiger partial charge in [-0.05, 0) is 30.2 Å². The van der Waals surface area contributed by atoms with Crippen LogP contribution in [0.25, 0.3) is 0 Å². The third kappa shape index (κ3) is 6.58. The monoisotopic (exact) mass is 406 g/mol. The molecular formula is C22H25F3N2O2. The van der Waals surface area contributed by atoms with Gasteiger partial charge in [-0.2, -0.15) is 13.2 Å². The van der Waals surface area contributed by atoms with E-state index in [9.17, 15) is 18.0 Å². The largest absolute Gasteiger partial charge is 0.411 e. The molecule has 0 aromatic heterocycles. The van der Waals surface area contributed by atoms with Gasteiger partial charge < -0.3 is 9.64 Å². The van der Waals surface area contributed by atoms with E-state index in [0.29, 0.717) is 24.2 Å². The molecule has 4 nitrogen and oxygen atoms in total. The van der Waals surface area contributed by atoms with Gasteiger partial charge in [-0.3, -0.25) is 9.69 Å². The molecule has 0 N–H and O–H groups in total. The number of piperazine rings is 1. The van der Waals surface area contributed by atoms with Gasteiger partial charge in [0, 0.05) is 38.3 Å². The van der Waals surface area contributed by atoms with E-state index in [2.05, 4.69) is 40.8 Å². The van der Waals surface area contributed by atoms with Gasteiger partial charge in [0.1, 0.15) is 6.61 Å². The summed E-state index contributed by atoms with van der Waals surface area (Å²) in [6.07, 6.45) is -4.36.